The van der Waals surface area contributed by atoms with Crippen LogP contribution in [0.1, 0.15) is 37.9 Å². The zero-order chi connectivity index (χ0) is 25.1. The van der Waals surface area contributed by atoms with Gasteiger partial charge in [-0.1, -0.05) is 0 Å². The number of cyclic esters (lactones) is 1. The van der Waals surface area contributed by atoms with Gasteiger partial charge in [-0.05, 0) is 51.0 Å². The third kappa shape index (κ3) is 5.29. The van der Waals surface area contributed by atoms with Gasteiger partial charge in [0.05, 0.1) is 38.0 Å². The minimum absolute atomic E-state index is 0.121. The van der Waals surface area contributed by atoms with E-state index in [1.54, 1.807) is 0 Å². The molecule has 10 heteroatoms. The van der Waals surface area contributed by atoms with E-state index in [9.17, 15) is 9.59 Å². The second-order valence-electron chi connectivity index (χ2n) is 9.56. The lowest BCUT2D eigenvalue weighted by Crippen LogP contribution is -2.47. The van der Waals surface area contributed by atoms with Crippen LogP contribution >= 0.6 is 0 Å². The van der Waals surface area contributed by atoms with Gasteiger partial charge in [-0.25, -0.2) is 14.8 Å². The van der Waals surface area contributed by atoms with Crippen molar-refractivity contribution < 1.29 is 19.1 Å². The Morgan fingerprint density at radius 3 is 2.75 bits per heavy atom. The number of amides is 2. The standard InChI is InChI=1S/C26H34N6O4/c1-3-27-26(34)28-19-6-4-18(5-7-19)24-29-22-15-31(20-9-12-36-23(33)14-20)10-8-21(22)25(30-24)32-11-13-35-16-17(32)2/h4-7,17,20H,3,8-16H2,1-2H3,(H2,27,28,34)/t17-,20?/m0/s1. The number of esters is 1. The maximum atomic E-state index is 11.9. The van der Waals surface area contributed by atoms with Gasteiger partial charge in [-0.3, -0.25) is 9.69 Å². The fourth-order valence-electron chi connectivity index (χ4n) is 5.16. The van der Waals surface area contributed by atoms with Gasteiger partial charge in [-0.2, -0.15) is 0 Å². The highest BCUT2D eigenvalue weighted by molar-refractivity contribution is 5.89. The zero-order valence-electron chi connectivity index (χ0n) is 21.0. The van der Waals surface area contributed by atoms with Crippen molar-refractivity contribution in [1.82, 2.24) is 20.2 Å². The van der Waals surface area contributed by atoms with Gasteiger partial charge < -0.3 is 25.0 Å². The average molecular weight is 495 g/mol. The number of hydrogen-bond donors (Lipinski definition) is 2. The lowest BCUT2D eigenvalue weighted by atomic mass is 9.99. The first-order valence-electron chi connectivity index (χ1n) is 12.8. The fraction of sp³-hybridized carbons (Fsp3) is 0.538. The molecule has 2 N–H and O–H groups in total. The van der Waals surface area contributed by atoms with E-state index < -0.39 is 0 Å². The first kappa shape index (κ1) is 24.5. The first-order chi connectivity index (χ1) is 17.5. The lowest BCUT2D eigenvalue weighted by Gasteiger charge is -2.40. The summed E-state index contributed by atoms with van der Waals surface area (Å²) in [7, 11) is 0. The Balaban J connectivity index is 1.46. The molecule has 0 spiro atoms. The summed E-state index contributed by atoms with van der Waals surface area (Å²) in [5, 5.41) is 5.56. The smallest absolute Gasteiger partial charge is 0.319 e. The Morgan fingerprint density at radius 1 is 1.17 bits per heavy atom. The molecule has 192 valence electrons. The molecule has 1 unspecified atom stereocenters. The van der Waals surface area contributed by atoms with Crippen molar-refractivity contribution in [3.05, 3.63) is 35.5 Å². The molecule has 1 aromatic carbocycles. The lowest BCUT2D eigenvalue weighted by molar-refractivity contribution is -0.150. The first-order valence-corrected chi connectivity index (χ1v) is 12.8. The molecule has 1 aromatic heterocycles. The summed E-state index contributed by atoms with van der Waals surface area (Å²) >= 11 is 0. The van der Waals surface area contributed by atoms with Gasteiger partial charge in [0.15, 0.2) is 5.82 Å². The maximum Gasteiger partial charge on any atom is 0.319 e. The van der Waals surface area contributed by atoms with Crippen LogP contribution in [0.5, 0.6) is 0 Å². The molecule has 3 aliphatic rings. The van der Waals surface area contributed by atoms with Crippen LogP contribution in [0.15, 0.2) is 24.3 Å². The molecular weight excluding hydrogens is 460 g/mol. The van der Waals surface area contributed by atoms with Gasteiger partial charge >= 0.3 is 12.0 Å². The Labute approximate surface area is 211 Å². The maximum absolute atomic E-state index is 11.9. The number of urea groups is 1. The zero-order valence-corrected chi connectivity index (χ0v) is 21.0. The quantitative estimate of drug-likeness (QED) is 0.611. The topological polar surface area (TPSA) is 109 Å². The van der Waals surface area contributed by atoms with Crippen molar-refractivity contribution in [2.45, 2.75) is 51.7 Å². The molecule has 3 aliphatic heterocycles. The number of fused-ring (bicyclic) bond motifs is 1. The summed E-state index contributed by atoms with van der Waals surface area (Å²) in [4.78, 5) is 38.6. The van der Waals surface area contributed by atoms with Gasteiger partial charge in [0.1, 0.15) is 5.82 Å². The molecule has 0 bridgehead atoms. The SMILES string of the molecule is CCNC(=O)Nc1ccc(-c2nc3c(c(N4CCOC[C@@H]4C)n2)CCN(C2CCOC(=O)C2)C3)cc1. The summed E-state index contributed by atoms with van der Waals surface area (Å²) in [6.45, 7) is 8.79. The van der Waals surface area contributed by atoms with Gasteiger partial charge in [0.2, 0.25) is 0 Å². The van der Waals surface area contributed by atoms with Crippen LogP contribution in [0.4, 0.5) is 16.3 Å². The van der Waals surface area contributed by atoms with E-state index in [2.05, 4.69) is 27.4 Å². The van der Waals surface area contributed by atoms with Crippen molar-refractivity contribution in [3.63, 3.8) is 0 Å². The normalized spacial score (nSPS) is 22.5. The number of nitrogens with zero attached hydrogens (tertiary/aromatic N) is 4. The van der Waals surface area contributed by atoms with Crippen LogP contribution in [-0.2, 0) is 27.2 Å². The molecular formula is C26H34N6O4. The fourth-order valence-corrected chi connectivity index (χ4v) is 5.16. The van der Waals surface area contributed by atoms with Gasteiger partial charge in [-0.15, -0.1) is 0 Å². The van der Waals surface area contributed by atoms with E-state index >= 15 is 0 Å². The van der Waals surface area contributed by atoms with E-state index in [-0.39, 0.29) is 24.1 Å². The molecule has 2 amide bonds. The molecule has 0 saturated carbocycles. The van der Waals surface area contributed by atoms with Crippen LogP contribution < -0.4 is 15.5 Å². The Morgan fingerprint density at radius 2 is 2.00 bits per heavy atom. The second kappa shape index (κ2) is 10.8. The minimum atomic E-state index is -0.231. The number of rotatable bonds is 5. The summed E-state index contributed by atoms with van der Waals surface area (Å²) < 4.78 is 10.8. The summed E-state index contributed by atoms with van der Waals surface area (Å²) in [5.74, 6) is 1.53. The number of ether oxygens (including phenoxy) is 2. The molecule has 0 radical (unpaired) electrons. The molecule has 5 rings (SSSR count). The number of hydrogen-bond acceptors (Lipinski definition) is 8. The highest BCUT2D eigenvalue weighted by Gasteiger charge is 2.33. The number of carbonyl (C=O) groups is 2. The van der Waals surface area contributed by atoms with E-state index in [0.29, 0.717) is 50.8 Å². The molecule has 2 atom stereocenters. The highest BCUT2D eigenvalue weighted by Crippen LogP contribution is 2.33. The molecule has 36 heavy (non-hydrogen) atoms. The van der Waals surface area contributed by atoms with Crippen LogP contribution in [0, 0.1) is 0 Å². The molecule has 2 aromatic rings. The van der Waals surface area contributed by atoms with Crippen LogP contribution in [0.25, 0.3) is 11.4 Å². The van der Waals surface area contributed by atoms with Crippen molar-refractivity contribution in [3.8, 4) is 11.4 Å². The molecule has 2 fully saturated rings. The number of anilines is 2. The largest absolute Gasteiger partial charge is 0.466 e. The van der Waals surface area contributed by atoms with Gasteiger partial charge in [0, 0.05) is 49.0 Å². The van der Waals surface area contributed by atoms with Crippen molar-refractivity contribution in [2.24, 2.45) is 0 Å². The third-order valence-corrected chi connectivity index (χ3v) is 7.08. The van der Waals surface area contributed by atoms with E-state index in [0.717, 1.165) is 43.0 Å². The monoisotopic (exact) mass is 494 g/mol. The Hall–Kier alpha value is -3.24. The summed E-state index contributed by atoms with van der Waals surface area (Å²) in [6.07, 6.45) is 2.13. The number of nitrogens with one attached hydrogen (secondary N) is 2. The Kier molecular flexibility index (Phi) is 7.33. The van der Waals surface area contributed by atoms with E-state index in [4.69, 9.17) is 19.4 Å². The van der Waals surface area contributed by atoms with Crippen molar-refractivity contribution in [2.75, 3.05) is 49.7 Å². The minimum Gasteiger partial charge on any atom is -0.466 e. The number of carbonyl (C=O) groups excluding carboxylic acids is 2. The molecule has 0 aliphatic carbocycles. The number of benzene rings is 1. The third-order valence-electron chi connectivity index (χ3n) is 7.08. The van der Waals surface area contributed by atoms with Crippen LogP contribution in [0.2, 0.25) is 0 Å². The van der Waals surface area contributed by atoms with Gasteiger partial charge in [0.25, 0.3) is 0 Å². The average Bonchev–Trinajstić information content (AvgIpc) is 2.88. The number of aromatic nitrogens is 2. The van der Waals surface area contributed by atoms with E-state index in [1.807, 2.05) is 31.2 Å². The van der Waals surface area contributed by atoms with Crippen LogP contribution in [0.3, 0.4) is 0 Å². The second-order valence-corrected chi connectivity index (χ2v) is 9.56. The summed E-state index contributed by atoms with van der Waals surface area (Å²) in [5.41, 5.74) is 3.81. The molecule has 2 saturated heterocycles. The Bertz CT molecular complexity index is 1110. The highest BCUT2D eigenvalue weighted by atomic mass is 16.5. The predicted molar refractivity (Wildman–Crippen MR) is 136 cm³/mol. The predicted octanol–water partition coefficient (Wildman–Crippen LogP) is 2.57. The van der Waals surface area contributed by atoms with Crippen molar-refractivity contribution >= 4 is 23.5 Å². The molecule has 10 nitrogen and oxygen atoms in total. The number of morpholine rings is 1. The van der Waals surface area contributed by atoms with Crippen molar-refractivity contribution in [1.29, 1.82) is 0 Å². The summed E-state index contributed by atoms with van der Waals surface area (Å²) in [6, 6.07) is 7.78. The van der Waals surface area contributed by atoms with E-state index in [1.165, 1.54) is 5.56 Å². The molecule has 4 heterocycles. The van der Waals surface area contributed by atoms with Crippen LogP contribution in [-0.4, -0.2) is 78.4 Å².